The number of piperazine rings is 1. The van der Waals surface area contributed by atoms with Crippen LogP contribution in [0, 0.1) is 0 Å². The lowest BCUT2D eigenvalue weighted by atomic mass is 9.88. The van der Waals surface area contributed by atoms with Crippen molar-refractivity contribution in [3.05, 3.63) is 36.9 Å². The molecule has 2 aliphatic heterocycles. The van der Waals surface area contributed by atoms with Crippen molar-refractivity contribution in [2.45, 2.75) is 49.1 Å². The zero-order valence-corrected chi connectivity index (χ0v) is 17.0. The van der Waals surface area contributed by atoms with Gasteiger partial charge in [-0.3, -0.25) is 9.58 Å². The molecule has 2 unspecified atom stereocenters. The van der Waals surface area contributed by atoms with Gasteiger partial charge in [0.25, 0.3) is 0 Å². The van der Waals surface area contributed by atoms with E-state index in [0.717, 1.165) is 24.7 Å². The van der Waals surface area contributed by atoms with Crippen LogP contribution in [-0.4, -0.2) is 60.8 Å². The number of thiol groups is 1. The molecule has 3 aromatic heterocycles. The van der Waals surface area contributed by atoms with E-state index in [9.17, 15) is 0 Å². The average Bonchev–Trinajstić information content (AvgIpc) is 3.34. The standard InChI is InChI=1S/C21H26N6S/c1-24-10-15(9-23-24)14-6-21-20(4-5-22-26(21)11-14)25-12-16-2-3-17(13-25)27(16)18-7-19(28)8-18/h4-6,9-11,16-19,28H,2-3,7-8,12-13H2,1H3. The van der Waals surface area contributed by atoms with Gasteiger partial charge in [-0.15, -0.1) is 0 Å². The van der Waals surface area contributed by atoms with E-state index >= 15 is 0 Å². The summed E-state index contributed by atoms with van der Waals surface area (Å²) in [4.78, 5) is 5.43. The Morgan fingerprint density at radius 1 is 1.00 bits per heavy atom. The van der Waals surface area contributed by atoms with Crippen LogP contribution in [0.15, 0.2) is 36.9 Å². The summed E-state index contributed by atoms with van der Waals surface area (Å²) in [6.07, 6.45) is 13.2. The Labute approximate surface area is 170 Å². The van der Waals surface area contributed by atoms with Gasteiger partial charge in [-0.2, -0.15) is 22.8 Å². The van der Waals surface area contributed by atoms with Crippen LogP contribution in [0.3, 0.4) is 0 Å². The Balaban J connectivity index is 1.31. The molecule has 3 aromatic rings. The first-order valence-corrected chi connectivity index (χ1v) is 10.8. The van der Waals surface area contributed by atoms with Crippen molar-refractivity contribution in [1.29, 1.82) is 0 Å². The summed E-state index contributed by atoms with van der Waals surface area (Å²) in [6, 6.07) is 6.58. The Kier molecular flexibility index (Phi) is 3.78. The Morgan fingerprint density at radius 3 is 2.46 bits per heavy atom. The molecule has 146 valence electrons. The topological polar surface area (TPSA) is 41.6 Å². The van der Waals surface area contributed by atoms with Gasteiger partial charge in [0.15, 0.2) is 0 Å². The highest BCUT2D eigenvalue weighted by atomic mass is 32.1. The van der Waals surface area contributed by atoms with Crippen LogP contribution in [0.4, 0.5) is 5.69 Å². The highest BCUT2D eigenvalue weighted by Gasteiger charge is 2.46. The van der Waals surface area contributed by atoms with Crippen molar-refractivity contribution < 1.29 is 0 Å². The summed E-state index contributed by atoms with van der Waals surface area (Å²) in [7, 11) is 1.95. The second kappa shape index (κ2) is 6.26. The SMILES string of the molecule is Cn1cc(-c2cc3c(N4CC5CCC(C4)N5C4CC(S)C4)ccnn3c2)cn1. The van der Waals surface area contributed by atoms with Crippen molar-refractivity contribution in [1.82, 2.24) is 24.3 Å². The molecule has 1 saturated carbocycles. The van der Waals surface area contributed by atoms with E-state index in [0.29, 0.717) is 17.3 Å². The maximum Gasteiger partial charge on any atom is 0.0886 e. The third kappa shape index (κ3) is 2.59. The van der Waals surface area contributed by atoms with Crippen LogP contribution in [0.2, 0.25) is 0 Å². The van der Waals surface area contributed by atoms with Crippen molar-refractivity contribution in [2.75, 3.05) is 18.0 Å². The van der Waals surface area contributed by atoms with Gasteiger partial charge in [-0.1, -0.05) is 0 Å². The zero-order valence-electron chi connectivity index (χ0n) is 16.1. The Morgan fingerprint density at radius 2 is 1.79 bits per heavy atom. The van der Waals surface area contributed by atoms with E-state index in [1.165, 1.54) is 42.5 Å². The molecule has 5 heterocycles. The van der Waals surface area contributed by atoms with Crippen molar-refractivity contribution in [3.8, 4) is 11.1 Å². The van der Waals surface area contributed by atoms with Crippen molar-refractivity contribution in [2.24, 2.45) is 7.05 Å². The van der Waals surface area contributed by atoms with E-state index in [1.54, 1.807) is 0 Å². The molecule has 1 aliphatic carbocycles. The van der Waals surface area contributed by atoms with Crippen LogP contribution in [0.5, 0.6) is 0 Å². The second-order valence-electron chi connectivity index (χ2n) is 8.69. The van der Waals surface area contributed by atoms with Gasteiger partial charge in [0.2, 0.25) is 0 Å². The third-order valence-corrected chi connectivity index (χ3v) is 7.34. The summed E-state index contributed by atoms with van der Waals surface area (Å²) < 4.78 is 3.86. The van der Waals surface area contributed by atoms with Crippen LogP contribution in [0.25, 0.3) is 16.6 Å². The molecule has 2 saturated heterocycles. The minimum absolute atomic E-state index is 0.619. The zero-order chi connectivity index (χ0) is 18.8. The van der Waals surface area contributed by atoms with Gasteiger partial charge in [0.05, 0.1) is 17.4 Å². The van der Waals surface area contributed by atoms with Gasteiger partial charge in [0.1, 0.15) is 0 Å². The lowest BCUT2D eigenvalue weighted by Gasteiger charge is -2.50. The van der Waals surface area contributed by atoms with Crippen LogP contribution < -0.4 is 4.90 Å². The second-order valence-corrected chi connectivity index (χ2v) is 9.42. The Hall–Kier alpha value is -1.99. The number of aryl methyl sites for hydroxylation is 1. The molecule has 2 atom stereocenters. The quantitative estimate of drug-likeness (QED) is 0.694. The van der Waals surface area contributed by atoms with Gasteiger partial charge < -0.3 is 4.90 Å². The average molecular weight is 395 g/mol. The first-order chi connectivity index (χ1) is 13.7. The molecule has 0 amide bonds. The van der Waals surface area contributed by atoms with E-state index < -0.39 is 0 Å². The molecule has 0 aromatic carbocycles. The maximum absolute atomic E-state index is 4.64. The predicted molar refractivity (Wildman–Crippen MR) is 114 cm³/mol. The highest BCUT2D eigenvalue weighted by molar-refractivity contribution is 7.81. The number of anilines is 1. The van der Waals surface area contributed by atoms with Crippen LogP contribution in [0.1, 0.15) is 25.7 Å². The first kappa shape index (κ1) is 16.9. The lowest BCUT2D eigenvalue weighted by Crippen LogP contribution is -2.60. The fourth-order valence-electron chi connectivity index (χ4n) is 5.53. The van der Waals surface area contributed by atoms with Gasteiger partial charge in [-0.05, 0) is 37.8 Å². The number of hydrogen-bond donors (Lipinski definition) is 1. The minimum atomic E-state index is 0.619. The summed E-state index contributed by atoms with van der Waals surface area (Å²) in [5, 5.41) is 9.49. The van der Waals surface area contributed by atoms with E-state index in [2.05, 4.69) is 57.2 Å². The van der Waals surface area contributed by atoms with E-state index in [-0.39, 0.29) is 0 Å². The minimum Gasteiger partial charge on any atom is -0.367 e. The molecular weight excluding hydrogens is 368 g/mol. The molecular formula is C21H26N6S. The fourth-order valence-corrected chi connectivity index (χ4v) is 6.01. The molecule has 2 bridgehead atoms. The molecule has 0 N–H and O–H groups in total. The molecule has 7 heteroatoms. The Bertz CT molecular complexity index is 1010. The molecule has 3 fully saturated rings. The molecule has 6 nitrogen and oxygen atoms in total. The first-order valence-electron chi connectivity index (χ1n) is 10.3. The third-order valence-electron chi connectivity index (χ3n) is 6.91. The smallest absolute Gasteiger partial charge is 0.0886 e. The van der Waals surface area contributed by atoms with Crippen LogP contribution >= 0.6 is 12.6 Å². The van der Waals surface area contributed by atoms with Gasteiger partial charge in [0, 0.05) is 73.2 Å². The number of nitrogens with zero attached hydrogens (tertiary/aromatic N) is 6. The van der Waals surface area contributed by atoms with Crippen molar-refractivity contribution >= 4 is 23.8 Å². The number of aromatic nitrogens is 4. The maximum atomic E-state index is 4.64. The van der Waals surface area contributed by atoms with E-state index in [4.69, 9.17) is 0 Å². The summed E-state index contributed by atoms with van der Waals surface area (Å²) >= 11 is 4.64. The number of hydrogen-bond acceptors (Lipinski definition) is 5. The number of fused-ring (bicyclic) bond motifs is 3. The van der Waals surface area contributed by atoms with Crippen molar-refractivity contribution in [3.63, 3.8) is 0 Å². The summed E-state index contributed by atoms with van der Waals surface area (Å²) in [6.45, 7) is 2.24. The fraction of sp³-hybridized carbons (Fsp3) is 0.524. The molecule has 0 radical (unpaired) electrons. The molecule has 28 heavy (non-hydrogen) atoms. The predicted octanol–water partition coefficient (Wildman–Crippen LogP) is 2.85. The molecule has 3 aliphatic rings. The lowest BCUT2D eigenvalue weighted by molar-refractivity contribution is 0.0666. The molecule has 6 rings (SSSR count). The van der Waals surface area contributed by atoms with E-state index in [1.807, 2.05) is 28.6 Å². The van der Waals surface area contributed by atoms with Gasteiger partial charge >= 0.3 is 0 Å². The molecule has 0 spiro atoms. The highest BCUT2D eigenvalue weighted by Crippen LogP contribution is 2.41. The normalized spacial score (nSPS) is 30.1. The van der Waals surface area contributed by atoms with Gasteiger partial charge in [-0.25, -0.2) is 4.52 Å². The largest absolute Gasteiger partial charge is 0.367 e. The monoisotopic (exact) mass is 394 g/mol. The summed E-state index contributed by atoms with van der Waals surface area (Å²) in [5.74, 6) is 0. The summed E-state index contributed by atoms with van der Waals surface area (Å²) in [5.41, 5.74) is 4.80. The van der Waals surface area contributed by atoms with Crippen LogP contribution in [-0.2, 0) is 7.05 Å². The number of rotatable bonds is 3.